The smallest absolute Gasteiger partial charge is 0.133 e. The van der Waals surface area contributed by atoms with Crippen molar-refractivity contribution in [2.75, 3.05) is 7.11 Å². The van der Waals surface area contributed by atoms with Crippen molar-refractivity contribution in [2.24, 2.45) is 5.92 Å². The van der Waals surface area contributed by atoms with Crippen LogP contribution in [0.15, 0.2) is 22.7 Å². The maximum absolute atomic E-state index is 6.29. The average molecular weight is 320 g/mol. The average Bonchev–Trinajstić information content (AvgIpc) is 2.25. The lowest BCUT2D eigenvalue weighted by Gasteiger charge is -2.12. The Hall–Kier alpha value is -0.210. The minimum atomic E-state index is 0.274. The third kappa shape index (κ3) is 5.31. The van der Waals surface area contributed by atoms with Gasteiger partial charge in [0, 0.05) is 5.38 Å². The van der Waals surface area contributed by atoms with Crippen LogP contribution in [-0.4, -0.2) is 12.5 Å². The molecule has 0 aliphatic rings. The summed E-state index contributed by atoms with van der Waals surface area (Å²) in [6.45, 7) is 4.42. The molecule has 0 saturated carbocycles. The van der Waals surface area contributed by atoms with E-state index in [4.69, 9.17) is 16.3 Å². The van der Waals surface area contributed by atoms with Gasteiger partial charge in [-0.25, -0.2) is 0 Å². The van der Waals surface area contributed by atoms with Crippen molar-refractivity contribution in [1.82, 2.24) is 0 Å². The van der Waals surface area contributed by atoms with Gasteiger partial charge in [0.1, 0.15) is 5.75 Å². The zero-order valence-corrected chi connectivity index (χ0v) is 13.0. The lowest BCUT2D eigenvalue weighted by Crippen LogP contribution is -2.05. The third-order valence-electron chi connectivity index (χ3n) is 2.69. The summed E-state index contributed by atoms with van der Waals surface area (Å²) in [4.78, 5) is 0. The van der Waals surface area contributed by atoms with E-state index in [2.05, 4.69) is 41.9 Å². The summed E-state index contributed by atoms with van der Waals surface area (Å²) in [5, 5.41) is 0.274. The van der Waals surface area contributed by atoms with E-state index in [0.717, 1.165) is 29.5 Å². The molecule has 17 heavy (non-hydrogen) atoms. The number of methoxy groups -OCH3 is 1. The summed E-state index contributed by atoms with van der Waals surface area (Å²) in [7, 11) is 1.68. The van der Waals surface area contributed by atoms with E-state index in [-0.39, 0.29) is 5.38 Å². The lowest BCUT2D eigenvalue weighted by atomic mass is 10.0. The zero-order valence-electron chi connectivity index (χ0n) is 10.7. The highest BCUT2D eigenvalue weighted by Crippen LogP contribution is 2.26. The second kappa shape index (κ2) is 7.27. The molecule has 1 atom stereocenters. The highest BCUT2D eigenvalue weighted by atomic mass is 79.9. The zero-order chi connectivity index (χ0) is 12.8. The van der Waals surface area contributed by atoms with Gasteiger partial charge in [-0.3, -0.25) is 0 Å². The second-order valence-electron chi connectivity index (χ2n) is 4.73. The maximum Gasteiger partial charge on any atom is 0.133 e. The number of ether oxygens (including phenoxy) is 1. The number of halogens is 2. The molecule has 0 N–H and O–H groups in total. The highest BCUT2D eigenvalue weighted by Gasteiger charge is 2.08. The molecular weight excluding hydrogens is 300 g/mol. The van der Waals surface area contributed by atoms with Crippen LogP contribution in [0.1, 0.15) is 32.3 Å². The van der Waals surface area contributed by atoms with Crippen LogP contribution >= 0.6 is 27.5 Å². The van der Waals surface area contributed by atoms with E-state index in [0.29, 0.717) is 5.92 Å². The molecule has 0 saturated heterocycles. The van der Waals surface area contributed by atoms with E-state index in [1.54, 1.807) is 7.11 Å². The van der Waals surface area contributed by atoms with Crippen LogP contribution in [0, 0.1) is 5.92 Å². The number of aryl methyl sites for hydroxylation is 1. The third-order valence-corrected chi connectivity index (χ3v) is 3.71. The van der Waals surface area contributed by atoms with Gasteiger partial charge in [-0.15, -0.1) is 11.6 Å². The van der Waals surface area contributed by atoms with E-state index in [9.17, 15) is 0 Å². The van der Waals surface area contributed by atoms with Gasteiger partial charge in [0.15, 0.2) is 0 Å². The first-order valence-corrected chi connectivity index (χ1v) is 7.22. The van der Waals surface area contributed by atoms with Gasteiger partial charge in [-0.05, 0) is 58.8 Å². The first kappa shape index (κ1) is 14.8. The van der Waals surface area contributed by atoms with Crippen LogP contribution in [0.3, 0.4) is 0 Å². The number of rotatable bonds is 6. The standard InChI is InChI=1S/C14H20BrClO/c1-10(2)8-12(16)6-4-11-5-7-14(17-3)13(15)9-11/h5,7,9-10,12H,4,6,8H2,1-3H3. The fourth-order valence-corrected chi connectivity index (χ4v) is 2.87. The summed E-state index contributed by atoms with van der Waals surface area (Å²) >= 11 is 9.78. The molecule has 0 fully saturated rings. The molecule has 0 bridgehead atoms. The van der Waals surface area contributed by atoms with Crippen molar-refractivity contribution >= 4 is 27.5 Å². The Balaban J connectivity index is 2.49. The fraction of sp³-hybridized carbons (Fsp3) is 0.571. The quantitative estimate of drug-likeness (QED) is 0.667. The summed E-state index contributed by atoms with van der Waals surface area (Å²) < 4.78 is 6.21. The van der Waals surface area contributed by atoms with Crippen molar-refractivity contribution < 1.29 is 4.74 Å². The number of alkyl halides is 1. The molecule has 1 aromatic rings. The van der Waals surface area contributed by atoms with Gasteiger partial charge in [-0.2, -0.15) is 0 Å². The van der Waals surface area contributed by atoms with Gasteiger partial charge in [0.05, 0.1) is 11.6 Å². The van der Waals surface area contributed by atoms with Gasteiger partial charge < -0.3 is 4.74 Å². The van der Waals surface area contributed by atoms with E-state index < -0.39 is 0 Å². The fourth-order valence-electron chi connectivity index (χ4n) is 1.82. The molecule has 96 valence electrons. The number of benzene rings is 1. The van der Waals surface area contributed by atoms with Crippen LogP contribution in [-0.2, 0) is 6.42 Å². The molecule has 1 unspecified atom stereocenters. The molecule has 0 amide bonds. The molecular formula is C14H20BrClO. The molecule has 0 aliphatic heterocycles. The first-order chi connectivity index (χ1) is 8.02. The largest absolute Gasteiger partial charge is 0.496 e. The van der Waals surface area contributed by atoms with Crippen molar-refractivity contribution in [3.8, 4) is 5.75 Å². The Kier molecular flexibility index (Phi) is 6.35. The Bertz CT molecular complexity index is 352. The predicted molar refractivity (Wildman–Crippen MR) is 78.1 cm³/mol. The van der Waals surface area contributed by atoms with E-state index in [1.807, 2.05) is 6.07 Å². The Morgan fingerprint density at radius 3 is 2.59 bits per heavy atom. The second-order valence-corrected chi connectivity index (χ2v) is 6.21. The van der Waals surface area contributed by atoms with Crippen molar-refractivity contribution in [3.05, 3.63) is 28.2 Å². The molecule has 1 nitrogen and oxygen atoms in total. The summed E-state index contributed by atoms with van der Waals surface area (Å²) in [5.74, 6) is 1.54. The topological polar surface area (TPSA) is 9.23 Å². The van der Waals surface area contributed by atoms with E-state index >= 15 is 0 Å². The lowest BCUT2D eigenvalue weighted by molar-refractivity contribution is 0.412. The molecule has 0 aromatic heterocycles. The Labute approximate surface area is 118 Å². The van der Waals surface area contributed by atoms with Gasteiger partial charge in [0.2, 0.25) is 0 Å². The van der Waals surface area contributed by atoms with Crippen molar-refractivity contribution in [3.63, 3.8) is 0 Å². The van der Waals surface area contributed by atoms with Crippen LogP contribution in [0.4, 0.5) is 0 Å². The molecule has 0 heterocycles. The van der Waals surface area contributed by atoms with Gasteiger partial charge in [0.25, 0.3) is 0 Å². The SMILES string of the molecule is COc1ccc(CCC(Cl)CC(C)C)cc1Br. The van der Waals surface area contributed by atoms with Gasteiger partial charge in [-0.1, -0.05) is 19.9 Å². The summed E-state index contributed by atoms with van der Waals surface area (Å²) in [6.07, 6.45) is 3.13. The molecule has 1 rings (SSSR count). The van der Waals surface area contributed by atoms with Crippen LogP contribution in [0.25, 0.3) is 0 Å². The molecule has 0 radical (unpaired) electrons. The molecule has 0 spiro atoms. The Morgan fingerprint density at radius 1 is 1.35 bits per heavy atom. The minimum absolute atomic E-state index is 0.274. The minimum Gasteiger partial charge on any atom is -0.496 e. The van der Waals surface area contributed by atoms with Gasteiger partial charge >= 0.3 is 0 Å². The monoisotopic (exact) mass is 318 g/mol. The highest BCUT2D eigenvalue weighted by molar-refractivity contribution is 9.10. The molecule has 0 aliphatic carbocycles. The maximum atomic E-state index is 6.29. The first-order valence-electron chi connectivity index (χ1n) is 5.99. The van der Waals surface area contributed by atoms with Crippen LogP contribution in [0.2, 0.25) is 0 Å². The summed E-state index contributed by atoms with van der Waals surface area (Å²) in [6, 6.07) is 6.20. The number of hydrogen-bond acceptors (Lipinski definition) is 1. The van der Waals surface area contributed by atoms with Crippen molar-refractivity contribution in [1.29, 1.82) is 0 Å². The van der Waals surface area contributed by atoms with E-state index in [1.165, 1.54) is 5.56 Å². The molecule has 3 heteroatoms. The number of hydrogen-bond donors (Lipinski definition) is 0. The normalized spacial score (nSPS) is 12.8. The van der Waals surface area contributed by atoms with Crippen molar-refractivity contribution in [2.45, 2.75) is 38.5 Å². The predicted octanol–water partition coefficient (Wildman–Crippen LogP) is 5.04. The molecule has 1 aromatic carbocycles. The van der Waals surface area contributed by atoms with Crippen LogP contribution in [0.5, 0.6) is 5.75 Å². The Morgan fingerprint density at radius 2 is 2.06 bits per heavy atom. The summed E-state index contributed by atoms with van der Waals surface area (Å²) in [5.41, 5.74) is 1.30. The van der Waals surface area contributed by atoms with Crippen LogP contribution < -0.4 is 4.74 Å².